The predicted molar refractivity (Wildman–Crippen MR) is 65.5 cm³/mol. The summed E-state index contributed by atoms with van der Waals surface area (Å²) in [5, 5.41) is 12.0. The molecule has 0 radical (unpaired) electrons. The first-order valence-corrected chi connectivity index (χ1v) is 5.45. The lowest BCUT2D eigenvalue weighted by Gasteiger charge is -2.12. The minimum atomic E-state index is -0.825. The molecule has 2 aromatic rings. The molecule has 0 saturated heterocycles. The topological polar surface area (TPSA) is 46.5 Å². The Labute approximate surface area is 99.6 Å². The van der Waals surface area contributed by atoms with Crippen molar-refractivity contribution in [2.24, 2.45) is 0 Å². The molecule has 0 saturated carbocycles. The number of carbonyl (C=O) groups excluding carboxylic acids is 1. The number of fused-ring (bicyclic) bond motifs is 1. The van der Waals surface area contributed by atoms with Gasteiger partial charge in [0.05, 0.1) is 19.6 Å². The summed E-state index contributed by atoms with van der Waals surface area (Å²) in [6, 6.07) is 13.4. The van der Waals surface area contributed by atoms with Gasteiger partial charge in [-0.05, 0) is 16.3 Å². The van der Waals surface area contributed by atoms with Crippen LogP contribution in [-0.2, 0) is 9.53 Å². The van der Waals surface area contributed by atoms with Crippen molar-refractivity contribution in [1.29, 1.82) is 0 Å². The monoisotopic (exact) mass is 230 g/mol. The zero-order chi connectivity index (χ0) is 12.3. The van der Waals surface area contributed by atoms with Gasteiger partial charge in [-0.15, -0.1) is 0 Å². The number of ether oxygens (including phenoxy) is 1. The zero-order valence-electron chi connectivity index (χ0n) is 9.59. The van der Waals surface area contributed by atoms with E-state index in [-0.39, 0.29) is 6.42 Å². The first-order chi connectivity index (χ1) is 8.22. The van der Waals surface area contributed by atoms with E-state index in [1.54, 1.807) is 0 Å². The Balaban J connectivity index is 2.38. The minimum Gasteiger partial charge on any atom is -0.469 e. The molecule has 0 aliphatic heterocycles. The molecule has 0 spiro atoms. The van der Waals surface area contributed by atoms with Crippen LogP contribution in [0.25, 0.3) is 10.8 Å². The maximum Gasteiger partial charge on any atom is 0.308 e. The molecule has 0 bridgehead atoms. The summed E-state index contributed by atoms with van der Waals surface area (Å²) < 4.78 is 4.56. The molecule has 0 aliphatic rings. The number of aliphatic hydroxyl groups excluding tert-OH is 1. The summed E-state index contributed by atoms with van der Waals surface area (Å²) in [4.78, 5) is 11.1. The van der Waals surface area contributed by atoms with Gasteiger partial charge < -0.3 is 9.84 Å². The van der Waals surface area contributed by atoms with Crippen LogP contribution < -0.4 is 0 Å². The van der Waals surface area contributed by atoms with E-state index < -0.39 is 12.1 Å². The fourth-order valence-corrected chi connectivity index (χ4v) is 1.89. The third kappa shape index (κ3) is 2.45. The summed E-state index contributed by atoms with van der Waals surface area (Å²) >= 11 is 0. The second-order valence-corrected chi connectivity index (χ2v) is 3.86. The number of rotatable bonds is 3. The second kappa shape index (κ2) is 4.97. The van der Waals surface area contributed by atoms with Gasteiger partial charge in [0.15, 0.2) is 0 Å². The fraction of sp³-hybridized carbons (Fsp3) is 0.214. The normalized spacial score (nSPS) is 12.4. The van der Waals surface area contributed by atoms with E-state index in [0.29, 0.717) is 0 Å². The summed E-state index contributed by atoms with van der Waals surface area (Å²) in [6.07, 6.45) is -0.849. The summed E-state index contributed by atoms with van der Waals surface area (Å²) in [7, 11) is 1.32. The van der Waals surface area contributed by atoms with Gasteiger partial charge in [-0.2, -0.15) is 0 Å². The predicted octanol–water partition coefficient (Wildman–Crippen LogP) is 2.44. The van der Waals surface area contributed by atoms with Crippen LogP contribution in [0.3, 0.4) is 0 Å². The largest absolute Gasteiger partial charge is 0.469 e. The summed E-state index contributed by atoms with van der Waals surface area (Å²) in [5.74, 6) is -0.412. The zero-order valence-corrected chi connectivity index (χ0v) is 9.59. The van der Waals surface area contributed by atoms with E-state index in [1.165, 1.54) is 7.11 Å². The van der Waals surface area contributed by atoms with Crippen LogP contribution in [0.4, 0.5) is 0 Å². The van der Waals surface area contributed by atoms with Crippen LogP contribution in [0.2, 0.25) is 0 Å². The first kappa shape index (κ1) is 11.6. The van der Waals surface area contributed by atoms with E-state index in [9.17, 15) is 9.90 Å². The standard InChI is InChI=1S/C14H14O3/c1-17-14(16)9-13(15)12-8-4-6-10-5-2-3-7-11(10)12/h2-8,13,15H,9H2,1H3/t13-/m0/s1. The van der Waals surface area contributed by atoms with Crippen LogP contribution in [0.5, 0.6) is 0 Å². The van der Waals surface area contributed by atoms with Crippen molar-refractivity contribution in [3.63, 3.8) is 0 Å². The molecule has 0 aromatic heterocycles. The molecule has 0 fully saturated rings. The molecular formula is C14H14O3. The minimum absolute atomic E-state index is 0.0233. The average Bonchev–Trinajstić information content (AvgIpc) is 2.37. The van der Waals surface area contributed by atoms with Crippen molar-refractivity contribution in [1.82, 2.24) is 0 Å². The maximum absolute atomic E-state index is 11.1. The lowest BCUT2D eigenvalue weighted by molar-refractivity contribution is -0.142. The molecule has 3 nitrogen and oxygen atoms in total. The Morgan fingerprint density at radius 3 is 2.71 bits per heavy atom. The number of hydrogen-bond acceptors (Lipinski definition) is 3. The van der Waals surface area contributed by atoms with Gasteiger partial charge >= 0.3 is 5.97 Å². The third-order valence-corrected chi connectivity index (χ3v) is 2.77. The van der Waals surface area contributed by atoms with Gasteiger partial charge in [-0.1, -0.05) is 42.5 Å². The van der Waals surface area contributed by atoms with Crippen LogP contribution in [0, 0.1) is 0 Å². The van der Waals surface area contributed by atoms with E-state index >= 15 is 0 Å². The second-order valence-electron chi connectivity index (χ2n) is 3.86. The molecule has 2 aromatic carbocycles. The maximum atomic E-state index is 11.1. The Kier molecular flexibility index (Phi) is 3.40. The van der Waals surface area contributed by atoms with Crippen LogP contribution in [-0.4, -0.2) is 18.2 Å². The van der Waals surface area contributed by atoms with Gasteiger partial charge in [0.25, 0.3) is 0 Å². The van der Waals surface area contributed by atoms with Crippen LogP contribution in [0.1, 0.15) is 18.1 Å². The van der Waals surface area contributed by atoms with Crippen molar-refractivity contribution in [3.8, 4) is 0 Å². The highest BCUT2D eigenvalue weighted by molar-refractivity contribution is 5.86. The van der Waals surface area contributed by atoms with E-state index in [0.717, 1.165) is 16.3 Å². The molecule has 0 amide bonds. The highest BCUT2D eigenvalue weighted by Crippen LogP contribution is 2.26. The Hall–Kier alpha value is -1.87. The van der Waals surface area contributed by atoms with E-state index in [1.807, 2.05) is 42.5 Å². The van der Waals surface area contributed by atoms with Crippen molar-refractivity contribution in [2.75, 3.05) is 7.11 Å². The quantitative estimate of drug-likeness (QED) is 0.824. The third-order valence-electron chi connectivity index (χ3n) is 2.77. The lowest BCUT2D eigenvalue weighted by Crippen LogP contribution is -2.08. The summed E-state index contributed by atoms with van der Waals surface area (Å²) in [6.45, 7) is 0. The lowest BCUT2D eigenvalue weighted by atomic mass is 9.99. The van der Waals surface area contributed by atoms with Crippen molar-refractivity contribution in [2.45, 2.75) is 12.5 Å². The Bertz CT molecular complexity index is 528. The molecule has 0 unspecified atom stereocenters. The highest BCUT2D eigenvalue weighted by atomic mass is 16.5. The number of esters is 1. The Morgan fingerprint density at radius 2 is 1.94 bits per heavy atom. The van der Waals surface area contributed by atoms with Crippen molar-refractivity contribution < 1.29 is 14.6 Å². The van der Waals surface area contributed by atoms with Crippen LogP contribution >= 0.6 is 0 Å². The molecule has 2 rings (SSSR count). The van der Waals surface area contributed by atoms with Crippen LogP contribution in [0.15, 0.2) is 42.5 Å². The molecule has 1 atom stereocenters. The van der Waals surface area contributed by atoms with Gasteiger partial charge in [0.2, 0.25) is 0 Å². The SMILES string of the molecule is COC(=O)C[C@H](O)c1cccc2ccccc12. The molecule has 0 aliphatic carbocycles. The molecular weight excluding hydrogens is 216 g/mol. The first-order valence-electron chi connectivity index (χ1n) is 5.45. The number of benzene rings is 2. The van der Waals surface area contributed by atoms with Gasteiger partial charge in [0, 0.05) is 0 Å². The van der Waals surface area contributed by atoms with Gasteiger partial charge in [-0.25, -0.2) is 0 Å². The molecule has 88 valence electrons. The smallest absolute Gasteiger partial charge is 0.308 e. The number of methoxy groups -OCH3 is 1. The average molecular weight is 230 g/mol. The van der Waals surface area contributed by atoms with Crippen molar-refractivity contribution >= 4 is 16.7 Å². The Morgan fingerprint density at radius 1 is 1.24 bits per heavy atom. The van der Waals surface area contributed by atoms with E-state index in [2.05, 4.69) is 4.74 Å². The van der Waals surface area contributed by atoms with Gasteiger partial charge in [0.1, 0.15) is 0 Å². The molecule has 0 heterocycles. The summed E-state index contributed by atoms with van der Waals surface area (Å²) in [5.41, 5.74) is 0.758. The highest BCUT2D eigenvalue weighted by Gasteiger charge is 2.15. The number of hydrogen-bond donors (Lipinski definition) is 1. The molecule has 3 heteroatoms. The van der Waals surface area contributed by atoms with E-state index in [4.69, 9.17) is 0 Å². The number of aliphatic hydroxyl groups is 1. The molecule has 1 N–H and O–H groups in total. The fourth-order valence-electron chi connectivity index (χ4n) is 1.89. The molecule has 17 heavy (non-hydrogen) atoms. The van der Waals surface area contributed by atoms with Crippen molar-refractivity contribution in [3.05, 3.63) is 48.0 Å². The van der Waals surface area contributed by atoms with Gasteiger partial charge in [-0.3, -0.25) is 4.79 Å². The number of carbonyl (C=O) groups is 1.